The number of carbonyl (C=O) groups is 1. The summed E-state index contributed by atoms with van der Waals surface area (Å²) in [6.07, 6.45) is 0.550. The molecule has 1 saturated heterocycles. The van der Waals surface area contributed by atoms with Gasteiger partial charge in [-0.3, -0.25) is 4.99 Å². The number of amides is 1. The van der Waals surface area contributed by atoms with Gasteiger partial charge in [0.1, 0.15) is 5.60 Å². The Labute approximate surface area is 146 Å². The molecule has 0 bridgehead atoms. The van der Waals surface area contributed by atoms with E-state index in [0.29, 0.717) is 0 Å². The quantitative estimate of drug-likeness (QED) is 0.566. The van der Waals surface area contributed by atoms with Crippen molar-refractivity contribution < 1.29 is 9.53 Å². The van der Waals surface area contributed by atoms with Gasteiger partial charge >= 0.3 is 6.09 Å². The van der Waals surface area contributed by atoms with Gasteiger partial charge in [0.05, 0.1) is 6.04 Å². The van der Waals surface area contributed by atoms with Crippen molar-refractivity contribution >= 4 is 12.1 Å². The molecule has 1 amide bonds. The Balaban J connectivity index is 2.38. The number of nitrogens with one attached hydrogen (secondary N) is 2. The second kappa shape index (κ2) is 9.71. The Kier molecular flexibility index (Phi) is 8.31. The van der Waals surface area contributed by atoms with Crippen LogP contribution in [0.2, 0.25) is 0 Å². The summed E-state index contributed by atoms with van der Waals surface area (Å²) in [6.45, 7) is 15.6. The first kappa shape index (κ1) is 20.5. The van der Waals surface area contributed by atoms with Crippen LogP contribution in [-0.4, -0.2) is 79.8 Å². The van der Waals surface area contributed by atoms with Crippen LogP contribution >= 0.6 is 0 Å². The predicted octanol–water partition coefficient (Wildman–Crippen LogP) is 1.50. The van der Waals surface area contributed by atoms with Crippen LogP contribution in [0.1, 0.15) is 41.0 Å². The van der Waals surface area contributed by atoms with E-state index in [9.17, 15) is 4.79 Å². The van der Waals surface area contributed by atoms with Crippen molar-refractivity contribution in [3.05, 3.63) is 0 Å². The molecule has 24 heavy (non-hydrogen) atoms. The molecular weight excluding hydrogens is 306 g/mol. The monoisotopic (exact) mass is 341 g/mol. The summed E-state index contributed by atoms with van der Waals surface area (Å²) >= 11 is 0. The molecule has 0 radical (unpaired) electrons. The molecule has 0 aromatic heterocycles. The molecule has 7 heteroatoms. The molecule has 1 atom stereocenters. The molecule has 140 valence electrons. The van der Waals surface area contributed by atoms with Crippen LogP contribution in [0.3, 0.4) is 0 Å². The van der Waals surface area contributed by atoms with E-state index in [2.05, 4.69) is 39.3 Å². The molecule has 0 aliphatic carbocycles. The molecule has 1 fully saturated rings. The third-order valence-electron chi connectivity index (χ3n) is 4.03. The number of ether oxygens (including phenoxy) is 1. The van der Waals surface area contributed by atoms with E-state index in [1.807, 2.05) is 20.8 Å². The van der Waals surface area contributed by atoms with Crippen molar-refractivity contribution in [2.45, 2.75) is 52.7 Å². The fraction of sp³-hybridized carbons (Fsp3) is 0.882. The van der Waals surface area contributed by atoms with E-state index in [1.165, 1.54) is 0 Å². The maximum Gasteiger partial charge on any atom is 0.407 e. The number of aliphatic imine (C=N–C) groups is 1. The van der Waals surface area contributed by atoms with Crippen LogP contribution in [0, 0.1) is 0 Å². The highest BCUT2D eigenvalue weighted by molar-refractivity contribution is 5.80. The highest BCUT2D eigenvalue weighted by atomic mass is 16.6. The lowest BCUT2D eigenvalue weighted by molar-refractivity contribution is 0.0507. The number of hydrogen-bond acceptors (Lipinski definition) is 4. The van der Waals surface area contributed by atoms with Crippen LogP contribution in [0.4, 0.5) is 4.79 Å². The Morgan fingerprint density at radius 3 is 2.54 bits per heavy atom. The first-order chi connectivity index (χ1) is 11.3. The van der Waals surface area contributed by atoms with Crippen molar-refractivity contribution in [3.63, 3.8) is 0 Å². The average Bonchev–Trinajstić information content (AvgIpc) is 2.93. The van der Waals surface area contributed by atoms with Gasteiger partial charge in [-0.1, -0.05) is 13.8 Å². The molecule has 2 N–H and O–H groups in total. The van der Waals surface area contributed by atoms with Crippen molar-refractivity contribution in [1.29, 1.82) is 0 Å². The molecular formula is C17H35N5O2. The molecule has 1 rings (SSSR count). The van der Waals surface area contributed by atoms with Gasteiger partial charge in [-0.25, -0.2) is 4.79 Å². The van der Waals surface area contributed by atoms with Crippen LogP contribution in [0.25, 0.3) is 0 Å². The first-order valence-corrected chi connectivity index (χ1v) is 8.96. The standard InChI is InChI=1S/C17H35N5O2/c1-7-21(8-2)12-10-19-15(18-6)22-11-9-14(13-22)20-16(23)24-17(3,4)5/h14H,7-13H2,1-6H3,(H,18,19)(H,20,23). The van der Waals surface area contributed by atoms with Gasteiger partial charge in [0.15, 0.2) is 5.96 Å². The Morgan fingerprint density at radius 1 is 1.33 bits per heavy atom. The number of guanidine groups is 1. The Bertz CT molecular complexity index is 416. The van der Waals surface area contributed by atoms with Gasteiger partial charge in [-0.2, -0.15) is 0 Å². The summed E-state index contributed by atoms with van der Waals surface area (Å²) < 4.78 is 5.32. The fourth-order valence-electron chi connectivity index (χ4n) is 2.74. The summed E-state index contributed by atoms with van der Waals surface area (Å²) in [5.41, 5.74) is -0.468. The van der Waals surface area contributed by atoms with E-state index >= 15 is 0 Å². The highest BCUT2D eigenvalue weighted by Crippen LogP contribution is 2.11. The second-order valence-corrected chi connectivity index (χ2v) is 7.08. The topological polar surface area (TPSA) is 69.2 Å². The summed E-state index contributed by atoms with van der Waals surface area (Å²) in [6, 6.07) is 0.0983. The predicted molar refractivity (Wildman–Crippen MR) is 98.5 cm³/mol. The van der Waals surface area contributed by atoms with E-state index in [0.717, 1.165) is 51.6 Å². The average molecular weight is 342 g/mol. The zero-order chi connectivity index (χ0) is 18.2. The van der Waals surface area contributed by atoms with Gasteiger partial charge in [-0.15, -0.1) is 0 Å². The Morgan fingerprint density at radius 2 is 2.00 bits per heavy atom. The molecule has 1 aliphatic rings. The van der Waals surface area contributed by atoms with Crippen LogP contribution in [0.5, 0.6) is 0 Å². The minimum atomic E-state index is -0.468. The van der Waals surface area contributed by atoms with Crippen LogP contribution < -0.4 is 10.6 Å². The van der Waals surface area contributed by atoms with Gasteiger partial charge in [0.25, 0.3) is 0 Å². The fourth-order valence-corrected chi connectivity index (χ4v) is 2.74. The molecule has 0 saturated carbocycles. The molecule has 0 aromatic rings. The van der Waals surface area contributed by atoms with Crippen molar-refractivity contribution in [2.75, 3.05) is 46.3 Å². The highest BCUT2D eigenvalue weighted by Gasteiger charge is 2.27. The number of hydrogen-bond donors (Lipinski definition) is 2. The van der Waals surface area contributed by atoms with Gasteiger partial charge in [-0.05, 0) is 40.3 Å². The van der Waals surface area contributed by atoms with E-state index < -0.39 is 5.60 Å². The lowest BCUT2D eigenvalue weighted by Gasteiger charge is -2.24. The van der Waals surface area contributed by atoms with Crippen LogP contribution in [-0.2, 0) is 4.74 Å². The molecule has 1 heterocycles. The lowest BCUT2D eigenvalue weighted by Crippen LogP contribution is -2.45. The zero-order valence-corrected chi connectivity index (χ0v) is 16.2. The van der Waals surface area contributed by atoms with Gasteiger partial charge < -0.3 is 25.2 Å². The lowest BCUT2D eigenvalue weighted by atomic mass is 10.2. The Hall–Kier alpha value is -1.50. The molecule has 1 aliphatic heterocycles. The minimum absolute atomic E-state index is 0.0983. The van der Waals surface area contributed by atoms with Gasteiger partial charge in [0, 0.05) is 33.2 Å². The van der Waals surface area contributed by atoms with E-state index in [4.69, 9.17) is 4.74 Å². The van der Waals surface area contributed by atoms with Crippen LogP contribution in [0.15, 0.2) is 4.99 Å². The second-order valence-electron chi connectivity index (χ2n) is 7.08. The SMILES string of the molecule is CCN(CC)CCNC(=NC)N1CCC(NC(=O)OC(C)(C)C)C1. The number of rotatable bonds is 6. The molecule has 0 aromatic carbocycles. The van der Waals surface area contributed by atoms with E-state index in [-0.39, 0.29) is 12.1 Å². The number of likely N-dealkylation sites (N-methyl/N-ethyl adjacent to an activating group) is 1. The van der Waals surface area contributed by atoms with E-state index in [1.54, 1.807) is 7.05 Å². The summed E-state index contributed by atoms with van der Waals surface area (Å²) in [5.74, 6) is 0.899. The third kappa shape index (κ3) is 7.38. The maximum absolute atomic E-state index is 11.9. The van der Waals surface area contributed by atoms with Crippen molar-refractivity contribution in [2.24, 2.45) is 4.99 Å². The smallest absolute Gasteiger partial charge is 0.407 e. The minimum Gasteiger partial charge on any atom is -0.444 e. The van der Waals surface area contributed by atoms with Crippen molar-refractivity contribution in [3.8, 4) is 0 Å². The zero-order valence-electron chi connectivity index (χ0n) is 16.2. The normalized spacial score (nSPS) is 18.9. The summed E-state index contributed by atoms with van der Waals surface area (Å²) in [7, 11) is 1.80. The molecule has 0 spiro atoms. The van der Waals surface area contributed by atoms with Gasteiger partial charge in [0.2, 0.25) is 0 Å². The number of nitrogens with zero attached hydrogens (tertiary/aromatic N) is 3. The maximum atomic E-state index is 11.9. The summed E-state index contributed by atoms with van der Waals surface area (Å²) in [5, 5.41) is 6.36. The van der Waals surface area contributed by atoms with Crippen molar-refractivity contribution in [1.82, 2.24) is 20.4 Å². The largest absolute Gasteiger partial charge is 0.444 e. The number of likely N-dealkylation sites (tertiary alicyclic amines) is 1. The summed E-state index contributed by atoms with van der Waals surface area (Å²) in [4.78, 5) is 20.8. The molecule has 1 unspecified atom stereocenters. The first-order valence-electron chi connectivity index (χ1n) is 8.96. The number of carbonyl (C=O) groups excluding carboxylic acids is 1. The number of alkyl carbamates (subject to hydrolysis) is 1. The third-order valence-corrected chi connectivity index (χ3v) is 4.03. The molecule has 7 nitrogen and oxygen atoms in total.